The number of rotatable bonds is 8. The third-order valence-corrected chi connectivity index (χ3v) is 2.72. The Morgan fingerprint density at radius 1 is 1.35 bits per heavy atom. The van der Waals surface area contributed by atoms with E-state index in [9.17, 15) is 4.79 Å². The molecule has 1 amide bonds. The Morgan fingerprint density at radius 3 is 2.70 bits per heavy atom. The number of ether oxygens (including phenoxy) is 1. The molecule has 0 spiro atoms. The maximum absolute atomic E-state index is 10.7. The van der Waals surface area contributed by atoms with Crippen LogP contribution < -0.4 is 21.1 Å². The fourth-order valence-electron chi connectivity index (χ4n) is 1.70. The van der Waals surface area contributed by atoms with E-state index < -0.39 is 5.91 Å². The van der Waals surface area contributed by atoms with E-state index in [1.165, 1.54) is 0 Å². The van der Waals surface area contributed by atoms with Gasteiger partial charge in [-0.3, -0.25) is 4.79 Å². The van der Waals surface area contributed by atoms with E-state index in [0.717, 1.165) is 24.6 Å². The van der Waals surface area contributed by atoms with Crippen molar-refractivity contribution in [2.24, 2.45) is 16.6 Å². The van der Waals surface area contributed by atoms with E-state index in [-0.39, 0.29) is 30.6 Å². The van der Waals surface area contributed by atoms with Gasteiger partial charge < -0.3 is 21.1 Å². The number of amides is 1. The molecule has 4 N–H and O–H groups in total. The topological polar surface area (TPSA) is 88.7 Å². The second-order valence-electron chi connectivity index (χ2n) is 5.37. The number of halogens is 1. The first-order chi connectivity index (χ1) is 10.5. The number of nitrogens with zero attached hydrogens (tertiary/aromatic N) is 1. The fourth-order valence-corrected chi connectivity index (χ4v) is 1.70. The lowest BCUT2D eigenvalue weighted by molar-refractivity contribution is -0.119. The van der Waals surface area contributed by atoms with Crippen molar-refractivity contribution in [3.63, 3.8) is 0 Å². The van der Waals surface area contributed by atoms with Crippen LogP contribution in [0.2, 0.25) is 0 Å². The minimum Gasteiger partial charge on any atom is -0.484 e. The fraction of sp³-hybridized carbons (Fsp3) is 0.500. The lowest BCUT2D eigenvalue weighted by Gasteiger charge is -2.13. The molecule has 7 heteroatoms. The zero-order valence-electron chi connectivity index (χ0n) is 14.0. The van der Waals surface area contributed by atoms with Crippen molar-refractivity contribution in [2.75, 3.05) is 19.7 Å². The Hall–Kier alpha value is -1.51. The minimum absolute atomic E-state index is 0. The van der Waals surface area contributed by atoms with E-state index in [2.05, 4.69) is 29.5 Å². The first kappa shape index (κ1) is 21.5. The molecule has 1 rings (SSSR count). The zero-order valence-corrected chi connectivity index (χ0v) is 16.3. The summed E-state index contributed by atoms with van der Waals surface area (Å²) in [6.07, 6.45) is 0. The van der Waals surface area contributed by atoms with Crippen LogP contribution in [0.4, 0.5) is 0 Å². The molecule has 23 heavy (non-hydrogen) atoms. The second kappa shape index (κ2) is 12.0. The van der Waals surface area contributed by atoms with Gasteiger partial charge in [-0.2, -0.15) is 0 Å². The van der Waals surface area contributed by atoms with Gasteiger partial charge in [-0.05, 0) is 30.5 Å². The summed E-state index contributed by atoms with van der Waals surface area (Å²) in [5, 5.41) is 6.50. The van der Waals surface area contributed by atoms with Crippen molar-refractivity contribution in [3.05, 3.63) is 29.8 Å². The van der Waals surface area contributed by atoms with E-state index in [1.807, 2.05) is 25.1 Å². The van der Waals surface area contributed by atoms with Crippen molar-refractivity contribution in [1.29, 1.82) is 0 Å². The summed E-state index contributed by atoms with van der Waals surface area (Å²) in [7, 11) is 0. The van der Waals surface area contributed by atoms with Crippen molar-refractivity contribution in [3.8, 4) is 5.75 Å². The third kappa shape index (κ3) is 9.98. The molecule has 130 valence electrons. The highest BCUT2D eigenvalue weighted by Crippen LogP contribution is 2.13. The van der Waals surface area contributed by atoms with Crippen LogP contribution in [0.15, 0.2) is 29.3 Å². The lowest BCUT2D eigenvalue weighted by Crippen LogP contribution is -2.39. The van der Waals surface area contributed by atoms with Crippen LogP contribution in [-0.4, -0.2) is 31.6 Å². The van der Waals surface area contributed by atoms with Gasteiger partial charge in [-0.1, -0.05) is 26.0 Å². The van der Waals surface area contributed by atoms with E-state index in [0.29, 0.717) is 18.2 Å². The van der Waals surface area contributed by atoms with Gasteiger partial charge in [-0.25, -0.2) is 4.99 Å². The molecule has 0 heterocycles. The van der Waals surface area contributed by atoms with Gasteiger partial charge in [0.1, 0.15) is 5.75 Å². The predicted octanol–water partition coefficient (Wildman–Crippen LogP) is 1.88. The monoisotopic (exact) mass is 434 g/mol. The summed E-state index contributed by atoms with van der Waals surface area (Å²) in [6.45, 7) is 8.42. The standard InChI is InChI=1S/C16H26N4O2.HI/c1-4-18-16(19-9-12(2)3)20-10-13-6-5-7-14(8-13)22-11-15(17)21;/h5-8,12H,4,9-11H2,1-3H3,(H2,17,21)(H2,18,19,20);1H. The first-order valence-electron chi connectivity index (χ1n) is 7.53. The zero-order chi connectivity index (χ0) is 16.4. The molecule has 0 aromatic heterocycles. The van der Waals surface area contributed by atoms with E-state index >= 15 is 0 Å². The van der Waals surface area contributed by atoms with Gasteiger partial charge >= 0.3 is 0 Å². The van der Waals surface area contributed by atoms with Crippen molar-refractivity contribution >= 4 is 35.8 Å². The number of primary amides is 1. The average Bonchev–Trinajstić information content (AvgIpc) is 2.48. The Bertz CT molecular complexity index is 507. The molecule has 0 saturated carbocycles. The molecule has 0 bridgehead atoms. The van der Waals surface area contributed by atoms with Crippen molar-refractivity contribution in [1.82, 2.24) is 10.6 Å². The Balaban J connectivity index is 0.00000484. The van der Waals surface area contributed by atoms with Crippen molar-refractivity contribution in [2.45, 2.75) is 27.3 Å². The molecule has 6 nitrogen and oxygen atoms in total. The van der Waals surface area contributed by atoms with Gasteiger partial charge in [0.2, 0.25) is 0 Å². The molecule has 1 aromatic carbocycles. The Kier molecular flexibility index (Phi) is 11.2. The number of carbonyl (C=O) groups is 1. The highest BCUT2D eigenvalue weighted by Gasteiger charge is 2.01. The summed E-state index contributed by atoms with van der Waals surface area (Å²) in [6, 6.07) is 7.49. The largest absolute Gasteiger partial charge is 0.484 e. The van der Waals surface area contributed by atoms with Crippen LogP contribution in [0.1, 0.15) is 26.3 Å². The quantitative estimate of drug-likeness (QED) is 0.331. The third-order valence-electron chi connectivity index (χ3n) is 2.72. The van der Waals surface area contributed by atoms with E-state index in [4.69, 9.17) is 10.5 Å². The number of nitrogens with two attached hydrogens (primary N) is 1. The van der Waals surface area contributed by atoms with Crippen LogP contribution in [0, 0.1) is 5.92 Å². The number of carbonyl (C=O) groups excluding carboxylic acids is 1. The summed E-state index contributed by atoms with van der Waals surface area (Å²) in [5.74, 6) is 1.47. The molecule has 0 fully saturated rings. The SMILES string of the molecule is CCNC(=NCc1cccc(OCC(N)=O)c1)NCC(C)C.I. The molecule has 0 radical (unpaired) electrons. The molecule has 0 atom stereocenters. The molecule has 0 aliphatic heterocycles. The maximum atomic E-state index is 10.7. The van der Waals surface area contributed by atoms with Gasteiger partial charge in [0.25, 0.3) is 5.91 Å². The highest BCUT2D eigenvalue weighted by atomic mass is 127. The van der Waals surface area contributed by atoms with Crippen LogP contribution >= 0.6 is 24.0 Å². The molecule has 0 aliphatic rings. The van der Waals surface area contributed by atoms with Gasteiger partial charge in [0, 0.05) is 13.1 Å². The summed E-state index contributed by atoms with van der Waals surface area (Å²) < 4.78 is 5.29. The van der Waals surface area contributed by atoms with Crippen LogP contribution in [0.3, 0.4) is 0 Å². The van der Waals surface area contributed by atoms with Crippen LogP contribution in [0.25, 0.3) is 0 Å². The predicted molar refractivity (Wildman–Crippen MR) is 104 cm³/mol. The lowest BCUT2D eigenvalue weighted by atomic mass is 10.2. The van der Waals surface area contributed by atoms with Gasteiger partial charge in [-0.15, -0.1) is 24.0 Å². The smallest absolute Gasteiger partial charge is 0.255 e. The number of guanidine groups is 1. The molecule has 1 aromatic rings. The van der Waals surface area contributed by atoms with Crippen LogP contribution in [0.5, 0.6) is 5.75 Å². The van der Waals surface area contributed by atoms with E-state index in [1.54, 1.807) is 6.07 Å². The number of hydrogen-bond donors (Lipinski definition) is 3. The first-order valence-corrected chi connectivity index (χ1v) is 7.53. The average molecular weight is 434 g/mol. The Labute approximate surface area is 155 Å². The summed E-state index contributed by atoms with van der Waals surface area (Å²) in [5.41, 5.74) is 6.07. The maximum Gasteiger partial charge on any atom is 0.255 e. The highest BCUT2D eigenvalue weighted by molar-refractivity contribution is 14.0. The Morgan fingerprint density at radius 2 is 2.09 bits per heavy atom. The van der Waals surface area contributed by atoms with Gasteiger partial charge in [0.15, 0.2) is 12.6 Å². The summed E-state index contributed by atoms with van der Waals surface area (Å²) >= 11 is 0. The number of nitrogens with one attached hydrogen (secondary N) is 2. The number of aliphatic imine (C=N–C) groups is 1. The molecule has 0 aliphatic carbocycles. The minimum atomic E-state index is -0.490. The van der Waals surface area contributed by atoms with Crippen LogP contribution in [-0.2, 0) is 11.3 Å². The molecule has 0 unspecified atom stereocenters. The molecular formula is C16H27IN4O2. The molecule has 0 saturated heterocycles. The van der Waals surface area contributed by atoms with Crippen molar-refractivity contribution < 1.29 is 9.53 Å². The summed E-state index contributed by atoms with van der Waals surface area (Å²) in [4.78, 5) is 15.3. The van der Waals surface area contributed by atoms with Gasteiger partial charge in [0.05, 0.1) is 6.54 Å². The second-order valence-corrected chi connectivity index (χ2v) is 5.37. The normalized spacial score (nSPS) is 10.9. The number of hydrogen-bond acceptors (Lipinski definition) is 3. The number of benzene rings is 1. The molecular weight excluding hydrogens is 407 g/mol.